The molecule has 1 aromatic rings. The van der Waals surface area contributed by atoms with Crippen molar-refractivity contribution in [3.63, 3.8) is 0 Å². The van der Waals surface area contributed by atoms with Crippen LogP contribution >= 0.6 is 0 Å². The summed E-state index contributed by atoms with van der Waals surface area (Å²) in [5.74, 6) is 0.123. The first kappa shape index (κ1) is 17.4. The van der Waals surface area contributed by atoms with E-state index in [0.29, 0.717) is 32.7 Å². The molecule has 24 heavy (non-hydrogen) atoms. The first-order valence-electron chi connectivity index (χ1n) is 8.91. The molecule has 2 aliphatic rings. The van der Waals surface area contributed by atoms with Gasteiger partial charge in [0.25, 0.3) is 0 Å². The van der Waals surface area contributed by atoms with Crippen LogP contribution in [-0.2, 0) is 16.1 Å². The van der Waals surface area contributed by atoms with E-state index in [4.69, 9.17) is 4.74 Å². The molecule has 2 saturated heterocycles. The fraction of sp³-hybridized carbons (Fsp3) is 0.632. The van der Waals surface area contributed by atoms with E-state index < -0.39 is 5.60 Å². The number of nitrogens with one attached hydrogen (secondary N) is 1. The van der Waals surface area contributed by atoms with Crippen molar-refractivity contribution in [2.45, 2.75) is 44.4 Å². The largest absolute Gasteiger partial charge is 0.390 e. The summed E-state index contributed by atoms with van der Waals surface area (Å²) >= 11 is 0. The Kier molecular flexibility index (Phi) is 5.54. The van der Waals surface area contributed by atoms with Crippen LogP contribution < -0.4 is 5.32 Å². The van der Waals surface area contributed by atoms with E-state index in [-0.39, 0.29) is 17.9 Å². The summed E-state index contributed by atoms with van der Waals surface area (Å²) in [6.45, 7) is 4.97. The highest BCUT2D eigenvalue weighted by Crippen LogP contribution is 2.35. The minimum absolute atomic E-state index is 0.0436. The highest BCUT2D eigenvalue weighted by molar-refractivity contribution is 5.78. The molecule has 0 saturated carbocycles. The quantitative estimate of drug-likeness (QED) is 0.859. The molecule has 0 radical (unpaired) electrons. The fourth-order valence-corrected chi connectivity index (χ4v) is 3.92. The van der Waals surface area contributed by atoms with Gasteiger partial charge in [0.2, 0.25) is 5.91 Å². The van der Waals surface area contributed by atoms with Gasteiger partial charge in [-0.05, 0) is 38.3 Å². The molecule has 5 nitrogen and oxygen atoms in total. The van der Waals surface area contributed by atoms with Crippen molar-refractivity contribution in [1.82, 2.24) is 10.2 Å². The minimum atomic E-state index is -0.702. The predicted octanol–water partition coefficient (Wildman–Crippen LogP) is 1.55. The van der Waals surface area contributed by atoms with Gasteiger partial charge in [0, 0.05) is 25.1 Å². The maximum absolute atomic E-state index is 12.3. The molecule has 132 valence electrons. The van der Waals surface area contributed by atoms with Gasteiger partial charge in [-0.25, -0.2) is 0 Å². The topological polar surface area (TPSA) is 61.8 Å². The van der Waals surface area contributed by atoms with Crippen LogP contribution in [0.25, 0.3) is 0 Å². The zero-order valence-corrected chi connectivity index (χ0v) is 14.4. The van der Waals surface area contributed by atoms with Gasteiger partial charge in [-0.3, -0.25) is 9.69 Å². The van der Waals surface area contributed by atoms with E-state index in [1.165, 1.54) is 0 Å². The summed E-state index contributed by atoms with van der Waals surface area (Å²) in [6, 6.07) is 10.2. The van der Waals surface area contributed by atoms with Crippen LogP contribution in [0.1, 0.15) is 31.7 Å². The Morgan fingerprint density at radius 3 is 2.96 bits per heavy atom. The predicted molar refractivity (Wildman–Crippen MR) is 92.4 cm³/mol. The van der Waals surface area contributed by atoms with E-state index in [1.54, 1.807) is 0 Å². The Bertz CT molecular complexity index is 547. The molecule has 3 atom stereocenters. The number of rotatable bonds is 5. The molecule has 2 fully saturated rings. The number of hydrogen-bond donors (Lipinski definition) is 2. The van der Waals surface area contributed by atoms with E-state index in [9.17, 15) is 9.90 Å². The summed E-state index contributed by atoms with van der Waals surface area (Å²) in [4.78, 5) is 14.5. The molecular formula is C19H28N2O3. The highest BCUT2D eigenvalue weighted by Gasteiger charge is 2.44. The normalized spacial score (nSPS) is 31.1. The van der Waals surface area contributed by atoms with E-state index in [1.807, 2.05) is 37.3 Å². The van der Waals surface area contributed by atoms with Crippen molar-refractivity contribution in [3.05, 3.63) is 35.9 Å². The zero-order valence-electron chi connectivity index (χ0n) is 14.4. The van der Waals surface area contributed by atoms with Gasteiger partial charge in [0.05, 0.1) is 18.8 Å². The monoisotopic (exact) mass is 332 g/mol. The van der Waals surface area contributed by atoms with Crippen molar-refractivity contribution in [2.24, 2.45) is 5.92 Å². The van der Waals surface area contributed by atoms with Crippen LogP contribution in [0.3, 0.4) is 0 Å². The highest BCUT2D eigenvalue weighted by atomic mass is 16.5. The maximum atomic E-state index is 12.3. The van der Waals surface area contributed by atoms with Crippen LogP contribution in [0.4, 0.5) is 0 Å². The van der Waals surface area contributed by atoms with Crippen molar-refractivity contribution >= 4 is 5.91 Å². The minimum Gasteiger partial charge on any atom is -0.390 e. The zero-order chi connectivity index (χ0) is 17.0. The van der Waals surface area contributed by atoms with Crippen LogP contribution in [0.15, 0.2) is 30.3 Å². The van der Waals surface area contributed by atoms with Gasteiger partial charge < -0.3 is 15.2 Å². The van der Waals surface area contributed by atoms with Gasteiger partial charge in [-0.1, -0.05) is 30.3 Å². The second-order valence-electron chi connectivity index (χ2n) is 7.23. The standard InChI is InChI=1S/C19H28N2O3/c1-19(23)9-11-24-14-16(19)17-8-5-10-21(17)13-18(22)20-12-15-6-3-2-4-7-15/h2-4,6-7,16-17,23H,5,8-14H2,1H3,(H,20,22)/t16-,17-,19-/m0/s1. The summed E-state index contributed by atoms with van der Waals surface area (Å²) in [5, 5.41) is 13.7. The number of benzene rings is 1. The van der Waals surface area contributed by atoms with Gasteiger partial charge in [0.1, 0.15) is 0 Å². The van der Waals surface area contributed by atoms with Crippen LogP contribution in [0.5, 0.6) is 0 Å². The summed E-state index contributed by atoms with van der Waals surface area (Å²) in [7, 11) is 0. The fourth-order valence-electron chi connectivity index (χ4n) is 3.92. The number of aliphatic hydroxyl groups is 1. The molecule has 1 aromatic carbocycles. The molecule has 0 bridgehead atoms. The Morgan fingerprint density at radius 2 is 2.21 bits per heavy atom. The summed E-state index contributed by atoms with van der Waals surface area (Å²) < 4.78 is 5.60. The molecule has 0 spiro atoms. The Hall–Kier alpha value is -1.43. The first-order chi connectivity index (χ1) is 11.6. The lowest BCUT2D eigenvalue weighted by molar-refractivity contribution is -0.132. The van der Waals surface area contributed by atoms with Crippen molar-refractivity contribution in [3.8, 4) is 0 Å². The van der Waals surface area contributed by atoms with Gasteiger partial charge >= 0.3 is 0 Å². The lowest BCUT2D eigenvalue weighted by Crippen LogP contribution is -2.53. The maximum Gasteiger partial charge on any atom is 0.234 e. The van der Waals surface area contributed by atoms with Crippen molar-refractivity contribution < 1.29 is 14.6 Å². The first-order valence-corrected chi connectivity index (χ1v) is 8.91. The second-order valence-corrected chi connectivity index (χ2v) is 7.23. The van der Waals surface area contributed by atoms with Crippen molar-refractivity contribution in [1.29, 1.82) is 0 Å². The lowest BCUT2D eigenvalue weighted by atomic mass is 9.79. The SMILES string of the molecule is C[C@]1(O)CCOC[C@H]1[C@@H]1CCCN1CC(=O)NCc1ccccc1. The van der Waals surface area contributed by atoms with Crippen LogP contribution in [-0.4, -0.2) is 53.9 Å². The summed E-state index contributed by atoms with van der Waals surface area (Å²) in [5.41, 5.74) is 0.402. The molecule has 0 unspecified atom stereocenters. The molecule has 1 amide bonds. The molecule has 2 N–H and O–H groups in total. The van der Waals surface area contributed by atoms with E-state index in [2.05, 4.69) is 10.2 Å². The second kappa shape index (κ2) is 7.64. The lowest BCUT2D eigenvalue weighted by Gasteiger charge is -2.43. The van der Waals surface area contributed by atoms with Crippen LogP contribution in [0.2, 0.25) is 0 Å². The third kappa shape index (κ3) is 4.15. The Labute approximate surface area is 144 Å². The smallest absolute Gasteiger partial charge is 0.234 e. The molecule has 0 aliphatic carbocycles. The van der Waals surface area contributed by atoms with E-state index >= 15 is 0 Å². The Morgan fingerprint density at radius 1 is 1.42 bits per heavy atom. The van der Waals surface area contributed by atoms with Crippen LogP contribution in [0, 0.1) is 5.92 Å². The van der Waals surface area contributed by atoms with Gasteiger partial charge in [-0.2, -0.15) is 0 Å². The number of likely N-dealkylation sites (tertiary alicyclic amines) is 1. The number of carbonyl (C=O) groups excluding carboxylic acids is 1. The number of nitrogens with zero attached hydrogens (tertiary/aromatic N) is 1. The molecule has 3 rings (SSSR count). The number of ether oxygens (including phenoxy) is 1. The number of amides is 1. The molecular weight excluding hydrogens is 304 g/mol. The summed E-state index contributed by atoms with van der Waals surface area (Å²) in [6.07, 6.45) is 2.77. The van der Waals surface area contributed by atoms with Gasteiger partial charge in [0.15, 0.2) is 0 Å². The number of hydrogen-bond acceptors (Lipinski definition) is 4. The van der Waals surface area contributed by atoms with E-state index in [0.717, 1.165) is 24.9 Å². The number of carbonyl (C=O) groups is 1. The van der Waals surface area contributed by atoms with Crippen molar-refractivity contribution in [2.75, 3.05) is 26.3 Å². The molecule has 2 heterocycles. The average molecular weight is 332 g/mol. The molecule has 0 aromatic heterocycles. The third-order valence-electron chi connectivity index (χ3n) is 5.41. The third-order valence-corrected chi connectivity index (χ3v) is 5.41. The molecule has 2 aliphatic heterocycles. The average Bonchev–Trinajstić information content (AvgIpc) is 3.01. The Balaban J connectivity index is 1.54. The molecule has 5 heteroatoms. The van der Waals surface area contributed by atoms with Gasteiger partial charge in [-0.15, -0.1) is 0 Å².